The molecule has 0 spiro atoms. The third kappa shape index (κ3) is 5.57. The number of benzene rings is 2. The summed E-state index contributed by atoms with van der Waals surface area (Å²) in [5, 5.41) is 14.2. The highest BCUT2D eigenvalue weighted by Gasteiger charge is 2.14. The lowest BCUT2D eigenvalue weighted by Gasteiger charge is -2.05. The maximum absolute atomic E-state index is 12.9. The highest BCUT2D eigenvalue weighted by atomic mass is 32.1. The summed E-state index contributed by atoms with van der Waals surface area (Å²) in [6.07, 6.45) is -0.103. The number of nitrogens with zero attached hydrogens (tertiary/aromatic N) is 3. The Hall–Kier alpha value is -4.12. The minimum absolute atomic E-state index is 0.0443. The Balaban J connectivity index is 1.36. The topological polar surface area (TPSA) is 117 Å². The van der Waals surface area contributed by atoms with Crippen LogP contribution in [0.3, 0.4) is 0 Å². The molecule has 3 N–H and O–H groups in total. The first kappa shape index (κ1) is 22.1. The van der Waals surface area contributed by atoms with Crippen LogP contribution in [0.2, 0.25) is 0 Å². The second-order valence-corrected chi connectivity index (χ2v) is 7.95. The molecule has 0 aliphatic carbocycles. The average molecular weight is 466 g/mol. The van der Waals surface area contributed by atoms with Gasteiger partial charge in [0.25, 0.3) is 0 Å². The van der Waals surface area contributed by atoms with Gasteiger partial charge in [-0.05, 0) is 36.4 Å². The van der Waals surface area contributed by atoms with Gasteiger partial charge in [-0.1, -0.05) is 12.1 Å². The summed E-state index contributed by atoms with van der Waals surface area (Å²) in [5.41, 5.74) is 2.80. The first-order valence-electron chi connectivity index (χ1n) is 9.95. The number of anilines is 3. The molecule has 0 fully saturated rings. The van der Waals surface area contributed by atoms with Crippen molar-refractivity contribution in [3.63, 3.8) is 0 Å². The molecule has 2 heterocycles. The third-order valence-corrected chi connectivity index (χ3v) is 5.36. The number of amides is 3. The van der Waals surface area contributed by atoms with Gasteiger partial charge in [-0.25, -0.2) is 8.91 Å². The molecule has 0 aliphatic rings. The van der Waals surface area contributed by atoms with Crippen LogP contribution in [0.5, 0.6) is 0 Å². The quantitative estimate of drug-likeness (QED) is 0.382. The van der Waals surface area contributed by atoms with Crippen molar-refractivity contribution in [3.8, 4) is 11.3 Å². The molecule has 0 saturated heterocycles. The second kappa shape index (κ2) is 9.57. The zero-order valence-corrected chi connectivity index (χ0v) is 18.3. The van der Waals surface area contributed by atoms with E-state index >= 15 is 0 Å². The summed E-state index contributed by atoms with van der Waals surface area (Å²) in [6.45, 7) is 1.44. The standard InChI is InChI=1S/C22H19FN6O3S/c1-13(30)24-16-6-2-14(3-7-16)18-12-33-22-27-21(28-29(18)22)26-20(32)11-10-19(31)25-17-8-4-15(23)5-9-17/h2-9,12H,10-11H2,1H3,(H,24,30)(H,25,31)(H,26,28,32). The van der Waals surface area contributed by atoms with Gasteiger partial charge in [-0.2, -0.15) is 4.98 Å². The summed E-state index contributed by atoms with van der Waals surface area (Å²) in [6, 6.07) is 12.7. The molecule has 168 valence electrons. The molecule has 3 amide bonds. The number of carbonyl (C=O) groups excluding carboxylic acids is 3. The van der Waals surface area contributed by atoms with Crippen LogP contribution in [-0.2, 0) is 14.4 Å². The molecule has 0 saturated carbocycles. The predicted molar refractivity (Wildman–Crippen MR) is 123 cm³/mol. The summed E-state index contributed by atoms with van der Waals surface area (Å²) in [7, 11) is 0. The predicted octanol–water partition coefficient (Wildman–Crippen LogP) is 3.91. The zero-order valence-electron chi connectivity index (χ0n) is 17.5. The number of hydrogen-bond acceptors (Lipinski definition) is 6. The number of carbonyl (C=O) groups is 3. The molecule has 4 rings (SSSR count). The smallest absolute Gasteiger partial charge is 0.250 e. The fourth-order valence-electron chi connectivity index (χ4n) is 3.03. The van der Waals surface area contributed by atoms with Crippen molar-refractivity contribution in [1.29, 1.82) is 0 Å². The van der Waals surface area contributed by atoms with Gasteiger partial charge >= 0.3 is 0 Å². The van der Waals surface area contributed by atoms with Gasteiger partial charge in [0, 0.05) is 42.1 Å². The fraction of sp³-hybridized carbons (Fsp3) is 0.136. The Morgan fingerprint density at radius 2 is 1.52 bits per heavy atom. The molecule has 0 aliphatic heterocycles. The Bertz CT molecular complexity index is 1310. The van der Waals surface area contributed by atoms with Crippen LogP contribution in [0.25, 0.3) is 16.2 Å². The van der Waals surface area contributed by atoms with Gasteiger partial charge in [-0.15, -0.1) is 16.4 Å². The number of halogens is 1. The highest BCUT2D eigenvalue weighted by Crippen LogP contribution is 2.27. The molecule has 2 aromatic carbocycles. The Labute approximate surface area is 191 Å². The minimum atomic E-state index is -0.399. The molecule has 9 nitrogen and oxygen atoms in total. The van der Waals surface area contributed by atoms with Crippen LogP contribution in [-0.4, -0.2) is 32.3 Å². The maximum atomic E-state index is 12.9. The second-order valence-electron chi connectivity index (χ2n) is 7.11. The molecule has 11 heteroatoms. The largest absolute Gasteiger partial charge is 0.326 e. The lowest BCUT2D eigenvalue weighted by Crippen LogP contribution is -2.18. The van der Waals surface area contributed by atoms with E-state index in [1.165, 1.54) is 42.5 Å². The number of aromatic nitrogens is 3. The van der Waals surface area contributed by atoms with E-state index in [9.17, 15) is 18.8 Å². The van der Waals surface area contributed by atoms with Crippen LogP contribution >= 0.6 is 11.3 Å². The van der Waals surface area contributed by atoms with E-state index < -0.39 is 11.7 Å². The maximum Gasteiger partial charge on any atom is 0.250 e. The summed E-state index contributed by atoms with van der Waals surface area (Å²) in [5.74, 6) is -1.17. The number of thiazole rings is 1. The monoisotopic (exact) mass is 466 g/mol. The third-order valence-electron chi connectivity index (χ3n) is 4.54. The molecule has 33 heavy (non-hydrogen) atoms. The van der Waals surface area contributed by atoms with E-state index in [1.807, 2.05) is 17.5 Å². The van der Waals surface area contributed by atoms with Crippen molar-refractivity contribution in [2.75, 3.05) is 16.0 Å². The molecule has 0 radical (unpaired) electrons. The van der Waals surface area contributed by atoms with E-state index in [1.54, 1.807) is 16.6 Å². The lowest BCUT2D eigenvalue weighted by molar-refractivity contribution is -0.121. The van der Waals surface area contributed by atoms with E-state index in [4.69, 9.17) is 0 Å². The molecular formula is C22H19FN6O3S. The van der Waals surface area contributed by atoms with Crippen molar-refractivity contribution >= 4 is 51.3 Å². The Morgan fingerprint density at radius 1 is 0.909 bits per heavy atom. The van der Waals surface area contributed by atoms with Crippen molar-refractivity contribution in [2.45, 2.75) is 19.8 Å². The van der Waals surface area contributed by atoms with Crippen LogP contribution in [0.15, 0.2) is 53.9 Å². The SMILES string of the molecule is CC(=O)Nc1ccc(-c2csc3nc(NC(=O)CCC(=O)Nc4ccc(F)cc4)nn23)cc1. The molecule has 4 aromatic rings. The molecule has 0 bridgehead atoms. The Morgan fingerprint density at radius 3 is 2.18 bits per heavy atom. The number of nitrogens with one attached hydrogen (secondary N) is 3. The van der Waals surface area contributed by atoms with Gasteiger partial charge < -0.3 is 10.6 Å². The summed E-state index contributed by atoms with van der Waals surface area (Å²) < 4.78 is 14.5. The molecular weight excluding hydrogens is 447 g/mol. The minimum Gasteiger partial charge on any atom is -0.326 e. The number of hydrogen-bond donors (Lipinski definition) is 3. The molecule has 0 atom stereocenters. The summed E-state index contributed by atoms with van der Waals surface area (Å²) in [4.78, 5) is 40.3. The Kier molecular flexibility index (Phi) is 6.41. The number of fused-ring (bicyclic) bond motifs is 1. The van der Waals surface area contributed by atoms with E-state index in [0.717, 1.165) is 11.3 Å². The summed E-state index contributed by atoms with van der Waals surface area (Å²) >= 11 is 1.37. The van der Waals surface area contributed by atoms with Gasteiger partial charge in [0.2, 0.25) is 28.6 Å². The average Bonchev–Trinajstić information content (AvgIpc) is 3.34. The normalized spacial score (nSPS) is 10.7. The van der Waals surface area contributed by atoms with Crippen LogP contribution in [0.1, 0.15) is 19.8 Å². The van der Waals surface area contributed by atoms with E-state index in [0.29, 0.717) is 16.3 Å². The fourth-order valence-corrected chi connectivity index (χ4v) is 3.86. The van der Waals surface area contributed by atoms with Gasteiger partial charge in [-0.3, -0.25) is 19.7 Å². The lowest BCUT2D eigenvalue weighted by atomic mass is 10.1. The van der Waals surface area contributed by atoms with Crippen LogP contribution in [0.4, 0.5) is 21.7 Å². The van der Waals surface area contributed by atoms with E-state index in [-0.39, 0.29) is 30.6 Å². The highest BCUT2D eigenvalue weighted by molar-refractivity contribution is 7.15. The molecule has 2 aromatic heterocycles. The van der Waals surface area contributed by atoms with E-state index in [2.05, 4.69) is 26.0 Å². The zero-order chi connectivity index (χ0) is 23.4. The van der Waals surface area contributed by atoms with Gasteiger partial charge in [0.15, 0.2) is 0 Å². The van der Waals surface area contributed by atoms with Crippen molar-refractivity contribution in [1.82, 2.24) is 14.6 Å². The first-order valence-corrected chi connectivity index (χ1v) is 10.8. The van der Waals surface area contributed by atoms with Crippen LogP contribution < -0.4 is 16.0 Å². The first-order chi connectivity index (χ1) is 15.9. The number of rotatable bonds is 7. The van der Waals surface area contributed by atoms with Crippen molar-refractivity contribution < 1.29 is 18.8 Å². The van der Waals surface area contributed by atoms with Crippen molar-refractivity contribution in [2.24, 2.45) is 0 Å². The molecule has 0 unspecified atom stereocenters. The van der Waals surface area contributed by atoms with Crippen molar-refractivity contribution in [3.05, 3.63) is 59.7 Å². The van der Waals surface area contributed by atoms with Crippen LogP contribution in [0, 0.1) is 5.82 Å². The van der Waals surface area contributed by atoms with Gasteiger partial charge in [0.1, 0.15) is 5.82 Å². The van der Waals surface area contributed by atoms with Gasteiger partial charge in [0.05, 0.1) is 5.69 Å².